The van der Waals surface area contributed by atoms with Gasteiger partial charge in [-0.25, -0.2) is 0 Å². The number of ether oxygens (including phenoxy) is 1. The summed E-state index contributed by atoms with van der Waals surface area (Å²) in [7, 11) is 1.59. The first-order valence-electron chi connectivity index (χ1n) is 7.44. The molecule has 1 saturated heterocycles. The molecule has 1 aliphatic heterocycles. The molecule has 1 aromatic heterocycles. The third kappa shape index (κ3) is 5.76. The lowest BCUT2D eigenvalue weighted by Gasteiger charge is -2.33. The largest absolute Gasteiger partial charge is 0.383 e. The van der Waals surface area contributed by atoms with Gasteiger partial charge >= 0.3 is 0 Å². The number of aromatic nitrogens is 2. The van der Waals surface area contributed by atoms with Crippen molar-refractivity contribution in [1.82, 2.24) is 20.4 Å². The number of nitrogens with one attached hydrogen (secondary N) is 1. The minimum Gasteiger partial charge on any atom is -0.383 e. The van der Waals surface area contributed by atoms with Gasteiger partial charge in [-0.15, -0.1) is 21.8 Å². The van der Waals surface area contributed by atoms with Crippen LogP contribution in [0.2, 0.25) is 0 Å². The van der Waals surface area contributed by atoms with Crippen molar-refractivity contribution in [1.29, 1.82) is 0 Å². The second-order valence-electron chi connectivity index (χ2n) is 4.98. The van der Waals surface area contributed by atoms with Crippen LogP contribution in [0.25, 0.3) is 0 Å². The summed E-state index contributed by atoms with van der Waals surface area (Å²) >= 11 is 8.40. The highest BCUT2D eigenvalue weighted by Crippen LogP contribution is 2.28. The zero-order valence-corrected chi connectivity index (χ0v) is 15.8. The number of thioether (sulfide) groups is 1. The monoisotopic (exact) mass is 393 g/mol. The lowest BCUT2D eigenvalue weighted by Crippen LogP contribution is -2.49. The van der Waals surface area contributed by atoms with E-state index >= 15 is 0 Å². The van der Waals surface area contributed by atoms with Gasteiger partial charge in [-0.3, -0.25) is 9.59 Å². The van der Waals surface area contributed by atoms with Gasteiger partial charge in [0.05, 0.1) is 12.4 Å². The summed E-state index contributed by atoms with van der Waals surface area (Å²) in [5, 5.41) is 11.9. The van der Waals surface area contributed by atoms with Crippen molar-refractivity contribution in [3.63, 3.8) is 0 Å². The summed E-state index contributed by atoms with van der Waals surface area (Å²) in [4.78, 5) is 27.0. The molecule has 24 heavy (non-hydrogen) atoms. The topological polar surface area (TPSA) is 87.7 Å². The molecule has 0 spiro atoms. The van der Waals surface area contributed by atoms with Gasteiger partial charge in [0, 0.05) is 39.8 Å². The first kappa shape index (κ1) is 19.2. The first-order chi connectivity index (χ1) is 11.6. The highest BCUT2D eigenvalue weighted by Gasteiger charge is 2.22. The number of piperazine rings is 1. The molecular formula is C13H20ClN5O3S2. The van der Waals surface area contributed by atoms with Crippen molar-refractivity contribution < 1.29 is 14.3 Å². The Morgan fingerprint density at radius 1 is 1.33 bits per heavy atom. The number of nitrogens with zero attached hydrogens (tertiary/aromatic N) is 4. The number of carbonyl (C=O) groups is 2. The van der Waals surface area contributed by atoms with Gasteiger partial charge in [0.15, 0.2) is 4.34 Å². The molecule has 8 nitrogen and oxygen atoms in total. The third-order valence-electron chi connectivity index (χ3n) is 3.37. The second-order valence-corrected chi connectivity index (χ2v) is 7.43. The molecule has 1 fully saturated rings. The van der Waals surface area contributed by atoms with Crippen LogP contribution in [0.4, 0.5) is 5.13 Å². The SMILES string of the molecule is COCCNC(=O)CSc1nnc(N2CCN(C(=O)CCl)CC2)s1. The molecule has 2 rings (SSSR count). The van der Waals surface area contributed by atoms with E-state index in [-0.39, 0.29) is 17.7 Å². The number of hydrogen-bond acceptors (Lipinski definition) is 8. The quantitative estimate of drug-likeness (QED) is 0.385. The normalized spacial score (nSPS) is 14.8. The number of alkyl halides is 1. The molecule has 0 atom stereocenters. The van der Waals surface area contributed by atoms with Crippen LogP contribution >= 0.6 is 34.7 Å². The average molecular weight is 394 g/mol. The van der Waals surface area contributed by atoms with E-state index in [2.05, 4.69) is 20.4 Å². The molecule has 0 unspecified atom stereocenters. The van der Waals surface area contributed by atoms with E-state index in [1.165, 1.54) is 23.1 Å². The van der Waals surface area contributed by atoms with Crippen LogP contribution in [-0.2, 0) is 14.3 Å². The van der Waals surface area contributed by atoms with Crippen LogP contribution in [0.1, 0.15) is 0 Å². The smallest absolute Gasteiger partial charge is 0.237 e. The Bertz CT molecular complexity index is 551. The summed E-state index contributed by atoms with van der Waals surface area (Å²) in [5.74, 6) is 0.230. The number of anilines is 1. The van der Waals surface area contributed by atoms with Gasteiger partial charge in [-0.05, 0) is 0 Å². The van der Waals surface area contributed by atoms with Gasteiger partial charge in [0.25, 0.3) is 0 Å². The van der Waals surface area contributed by atoms with E-state index in [4.69, 9.17) is 16.3 Å². The van der Waals surface area contributed by atoms with Gasteiger partial charge in [0.2, 0.25) is 16.9 Å². The molecule has 134 valence electrons. The molecule has 1 aromatic rings. The molecule has 0 saturated carbocycles. The highest BCUT2D eigenvalue weighted by atomic mass is 35.5. The predicted molar refractivity (Wildman–Crippen MR) is 95.0 cm³/mol. The second kappa shape index (κ2) is 10.0. The van der Waals surface area contributed by atoms with Gasteiger partial charge in [0.1, 0.15) is 5.88 Å². The Hall–Kier alpha value is -1.10. The van der Waals surface area contributed by atoms with E-state index in [1.807, 2.05) is 0 Å². The van der Waals surface area contributed by atoms with E-state index in [0.29, 0.717) is 45.1 Å². The third-order valence-corrected chi connectivity index (χ3v) is 5.71. The van der Waals surface area contributed by atoms with Gasteiger partial charge in [-0.1, -0.05) is 23.1 Å². The first-order valence-corrected chi connectivity index (χ1v) is 9.78. The fourth-order valence-electron chi connectivity index (χ4n) is 2.09. The van der Waals surface area contributed by atoms with E-state index < -0.39 is 0 Å². The van der Waals surface area contributed by atoms with E-state index in [0.717, 1.165) is 9.47 Å². The summed E-state index contributed by atoms with van der Waals surface area (Å²) in [6.45, 7) is 3.68. The maximum absolute atomic E-state index is 11.6. The molecule has 0 aromatic carbocycles. The van der Waals surface area contributed by atoms with Crippen LogP contribution in [-0.4, -0.2) is 85.0 Å². The Morgan fingerprint density at radius 2 is 2.08 bits per heavy atom. The summed E-state index contributed by atoms with van der Waals surface area (Å²) in [6, 6.07) is 0. The Morgan fingerprint density at radius 3 is 2.75 bits per heavy atom. The molecule has 1 N–H and O–H groups in total. The van der Waals surface area contributed by atoms with Crippen molar-refractivity contribution >= 4 is 51.6 Å². The zero-order chi connectivity index (χ0) is 17.4. The van der Waals surface area contributed by atoms with Crippen molar-refractivity contribution in [2.45, 2.75) is 4.34 Å². The lowest BCUT2D eigenvalue weighted by atomic mass is 10.3. The zero-order valence-electron chi connectivity index (χ0n) is 13.4. The number of carbonyl (C=O) groups excluding carboxylic acids is 2. The highest BCUT2D eigenvalue weighted by molar-refractivity contribution is 8.01. The molecular weight excluding hydrogens is 374 g/mol. The number of amides is 2. The Kier molecular flexibility index (Phi) is 8.03. The minimum absolute atomic E-state index is 0.0199. The van der Waals surface area contributed by atoms with Crippen molar-refractivity contribution in [2.24, 2.45) is 0 Å². The molecule has 2 amide bonds. The predicted octanol–water partition coefficient (Wildman–Crippen LogP) is 0.280. The summed E-state index contributed by atoms with van der Waals surface area (Å²) in [5.41, 5.74) is 0. The minimum atomic E-state index is -0.0537. The van der Waals surface area contributed by atoms with Crippen LogP contribution in [0, 0.1) is 0 Å². The maximum atomic E-state index is 11.6. The number of methoxy groups -OCH3 is 1. The summed E-state index contributed by atoms with van der Waals surface area (Å²) in [6.07, 6.45) is 0. The molecule has 0 aliphatic carbocycles. The van der Waals surface area contributed by atoms with Gasteiger partial charge < -0.3 is 19.9 Å². The summed E-state index contributed by atoms with van der Waals surface area (Å²) < 4.78 is 5.63. The van der Waals surface area contributed by atoms with E-state index in [9.17, 15) is 9.59 Å². The van der Waals surface area contributed by atoms with Crippen LogP contribution in [0.15, 0.2) is 4.34 Å². The fourth-order valence-corrected chi connectivity index (χ4v) is 3.98. The van der Waals surface area contributed by atoms with Crippen molar-refractivity contribution in [3.05, 3.63) is 0 Å². The average Bonchev–Trinajstić information content (AvgIpc) is 3.08. The molecule has 1 aliphatic rings. The van der Waals surface area contributed by atoms with Crippen molar-refractivity contribution in [3.8, 4) is 0 Å². The fraction of sp³-hybridized carbons (Fsp3) is 0.692. The number of halogens is 1. The number of rotatable bonds is 8. The van der Waals surface area contributed by atoms with Crippen LogP contribution < -0.4 is 10.2 Å². The van der Waals surface area contributed by atoms with Gasteiger partial charge in [-0.2, -0.15) is 0 Å². The number of hydrogen-bond donors (Lipinski definition) is 1. The van der Waals surface area contributed by atoms with Crippen molar-refractivity contribution in [2.75, 3.05) is 63.0 Å². The van der Waals surface area contributed by atoms with Crippen LogP contribution in [0.3, 0.4) is 0 Å². The maximum Gasteiger partial charge on any atom is 0.237 e. The standard InChI is InChI=1S/C13H20ClN5O3S2/c1-22-7-2-15-10(20)9-23-13-17-16-12(24-13)19-5-3-18(4-6-19)11(21)8-14/h2-9H2,1H3,(H,15,20). The lowest BCUT2D eigenvalue weighted by molar-refractivity contribution is -0.128. The van der Waals surface area contributed by atoms with E-state index in [1.54, 1.807) is 12.0 Å². The van der Waals surface area contributed by atoms with Crippen LogP contribution in [0.5, 0.6) is 0 Å². The molecule has 0 bridgehead atoms. The Labute approximate surface area is 153 Å². The molecule has 11 heteroatoms. The molecule has 2 heterocycles. The molecule has 0 radical (unpaired) electrons. The Balaban J connectivity index is 1.75.